The van der Waals surface area contributed by atoms with E-state index in [2.05, 4.69) is 20.8 Å². The third-order valence-electron chi connectivity index (χ3n) is 4.39. The van der Waals surface area contributed by atoms with E-state index < -0.39 is 0 Å². The van der Waals surface area contributed by atoms with Crippen LogP contribution in [0.3, 0.4) is 0 Å². The average molecular weight is 166 g/mol. The smallest absolute Gasteiger partial charge is 0.0267 e. The van der Waals surface area contributed by atoms with Crippen LogP contribution in [0, 0.1) is 23.2 Å². The Labute approximate surface area is 76.7 Å². The van der Waals surface area contributed by atoms with E-state index in [4.69, 9.17) is 0 Å². The summed E-state index contributed by atoms with van der Waals surface area (Å²) >= 11 is 0. The lowest BCUT2D eigenvalue weighted by atomic mass is 9.71. The van der Waals surface area contributed by atoms with Gasteiger partial charge in [0.05, 0.1) is 0 Å². The van der Waals surface area contributed by atoms with Crippen molar-refractivity contribution in [2.45, 2.75) is 52.9 Å². The minimum absolute atomic E-state index is 0.744. The molecular formula is C12H22. The summed E-state index contributed by atoms with van der Waals surface area (Å²) in [5.41, 5.74) is 0.744. The van der Waals surface area contributed by atoms with E-state index in [1.54, 1.807) is 0 Å². The predicted octanol–water partition coefficient (Wildman–Crippen LogP) is 3.86. The highest BCUT2D eigenvalue weighted by atomic mass is 14.5. The lowest BCUT2D eigenvalue weighted by Gasteiger charge is -2.34. The van der Waals surface area contributed by atoms with Gasteiger partial charge in [0.2, 0.25) is 0 Å². The third-order valence-corrected chi connectivity index (χ3v) is 4.39. The minimum Gasteiger partial charge on any atom is -0.0625 e. The van der Waals surface area contributed by atoms with Crippen molar-refractivity contribution in [2.24, 2.45) is 23.2 Å². The molecule has 0 aromatic rings. The Balaban J connectivity index is 2.11. The summed E-state index contributed by atoms with van der Waals surface area (Å²) in [6.45, 7) is 7.38. The van der Waals surface area contributed by atoms with Crippen LogP contribution in [0.1, 0.15) is 52.9 Å². The molecule has 0 bridgehead atoms. The van der Waals surface area contributed by atoms with Crippen molar-refractivity contribution in [2.75, 3.05) is 0 Å². The van der Waals surface area contributed by atoms with E-state index in [-0.39, 0.29) is 0 Å². The van der Waals surface area contributed by atoms with E-state index in [1.165, 1.54) is 32.1 Å². The van der Waals surface area contributed by atoms with Crippen molar-refractivity contribution >= 4 is 0 Å². The van der Waals surface area contributed by atoms with Gasteiger partial charge in [0.15, 0.2) is 0 Å². The monoisotopic (exact) mass is 166 g/mol. The Hall–Kier alpha value is 0. The van der Waals surface area contributed by atoms with Gasteiger partial charge < -0.3 is 0 Å². The van der Waals surface area contributed by atoms with Crippen molar-refractivity contribution < 1.29 is 0 Å². The normalized spacial score (nSPS) is 42.5. The first-order chi connectivity index (χ1) is 5.64. The molecule has 0 aromatic carbocycles. The van der Waals surface area contributed by atoms with Crippen LogP contribution in [0.4, 0.5) is 0 Å². The van der Waals surface area contributed by atoms with Crippen molar-refractivity contribution in [1.82, 2.24) is 0 Å². The number of hydrogen-bond acceptors (Lipinski definition) is 0. The topological polar surface area (TPSA) is 0 Å². The fourth-order valence-electron chi connectivity index (χ4n) is 3.56. The van der Waals surface area contributed by atoms with Crippen molar-refractivity contribution in [3.63, 3.8) is 0 Å². The molecule has 0 nitrogen and oxygen atoms in total. The molecule has 0 N–H and O–H groups in total. The maximum absolute atomic E-state index is 2.56. The molecule has 0 aliphatic heterocycles. The Morgan fingerprint density at radius 3 is 2.33 bits per heavy atom. The zero-order valence-electron chi connectivity index (χ0n) is 8.77. The molecule has 70 valence electrons. The number of hydrogen-bond donors (Lipinski definition) is 0. The summed E-state index contributed by atoms with van der Waals surface area (Å²) in [5.74, 6) is 3.05. The Kier molecular flexibility index (Phi) is 1.97. The molecule has 2 saturated carbocycles. The molecule has 0 amide bonds. The molecule has 2 fully saturated rings. The van der Waals surface area contributed by atoms with Crippen LogP contribution < -0.4 is 0 Å². The van der Waals surface area contributed by atoms with Gasteiger partial charge in [0.1, 0.15) is 0 Å². The molecule has 2 atom stereocenters. The van der Waals surface area contributed by atoms with Crippen LogP contribution in [0.2, 0.25) is 0 Å². The highest BCUT2D eigenvalue weighted by Crippen LogP contribution is 2.59. The van der Waals surface area contributed by atoms with E-state index >= 15 is 0 Å². The van der Waals surface area contributed by atoms with Crippen LogP contribution in [-0.4, -0.2) is 0 Å². The molecule has 2 aliphatic carbocycles. The average Bonchev–Trinajstić information content (AvgIpc) is 2.76. The fraction of sp³-hybridized carbons (Fsp3) is 1.00. The standard InChI is InChI=1S/C12H22/c1-9(2)11-5-4-8-12(11,3)10-6-7-10/h9-11H,4-8H2,1-3H3. The van der Waals surface area contributed by atoms with Gasteiger partial charge in [0, 0.05) is 0 Å². The summed E-state index contributed by atoms with van der Waals surface area (Å²) < 4.78 is 0. The van der Waals surface area contributed by atoms with E-state index in [9.17, 15) is 0 Å². The highest BCUT2D eigenvalue weighted by Gasteiger charge is 2.49. The summed E-state index contributed by atoms with van der Waals surface area (Å²) in [5, 5.41) is 0. The molecule has 12 heavy (non-hydrogen) atoms. The molecule has 0 saturated heterocycles. The van der Waals surface area contributed by atoms with Crippen LogP contribution in [0.15, 0.2) is 0 Å². The van der Waals surface area contributed by atoms with E-state index in [1.807, 2.05) is 0 Å². The van der Waals surface area contributed by atoms with Crippen molar-refractivity contribution in [1.29, 1.82) is 0 Å². The molecule has 0 radical (unpaired) electrons. The SMILES string of the molecule is CC(C)C1CCCC1(C)C1CC1. The molecule has 0 spiro atoms. The zero-order valence-corrected chi connectivity index (χ0v) is 8.77. The first-order valence-electron chi connectivity index (χ1n) is 5.64. The molecule has 0 aromatic heterocycles. The second-order valence-electron chi connectivity index (χ2n) is 5.52. The second kappa shape index (κ2) is 2.75. The summed E-state index contributed by atoms with van der Waals surface area (Å²) in [6, 6.07) is 0. The molecule has 2 rings (SSSR count). The van der Waals surface area contributed by atoms with Gasteiger partial charge in [0.25, 0.3) is 0 Å². The quantitative estimate of drug-likeness (QED) is 0.584. The Bertz CT molecular complexity index is 167. The number of rotatable bonds is 2. The summed E-state index contributed by atoms with van der Waals surface area (Å²) in [6.07, 6.45) is 7.57. The molecule has 0 heterocycles. The third kappa shape index (κ3) is 1.20. The van der Waals surface area contributed by atoms with Crippen LogP contribution >= 0.6 is 0 Å². The van der Waals surface area contributed by atoms with Gasteiger partial charge in [-0.1, -0.05) is 27.2 Å². The van der Waals surface area contributed by atoms with Gasteiger partial charge in [-0.25, -0.2) is 0 Å². The molecule has 2 unspecified atom stereocenters. The van der Waals surface area contributed by atoms with E-state index in [0.717, 1.165) is 23.2 Å². The van der Waals surface area contributed by atoms with Crippen LogP contribution in [-0.2, 0) is 0 Å². The molecular weight excluding hydrogens is 144 g/mol. The largest absolute Gasteiger partial charge is 0.0625 e. The lowest BCUT2D eigenvalue weighted by molar-refractivity contribution is 0.143. The van der Waals surface area contributed by atoms with E-state index in [0.29, 0.717) is 0 Å². The molecule has 2 aliphatic rings. The molecule has 0 heteroatoms. The maximum Gasteiger partial charge on any atom is -0.0267 e. The van der Waals surface area contributed by atoms with Gasteiger partial charge >= 0.3 is 0 Å². The zero-order chi connectivity index (χ0) is 8.77. The van der Waals surface area contributed by atoms with Gasteiger partial charge in [-0.2, -0.15) is 0 Å². The Morgan fingerprint density at radius 1 is 1.17 bits per heavy atom. The highest BCUT2D eigenvalue weighted by molar-refractivity contribution is 4.99. The van der Waals surface area contributed by atoms with Crippen LogP contribution in [0.25, 0.3) is 0 Å². The lowest BCUT2D eigenvalue weighted by Crippen LogP contribution is -2.27. The van der Waals surface area contributed by atoms with Crippen molar-refractivity contribution in [3.8, 4) is 0 Å². The predicted molar refractivity (Wildman–Crippen MR) is 53.0 cm³/mol. The second-order valence-corrected chi connectivity index (χ2v) is 5.52. The summed E-state index contributed by atoms with van der Waals surface area (Å²) in [4.78, 5) is 0. The maximum atomic E-state index is 2.56. The summed E-state index contributed by atoms with van der Waals surface area (Å²) in [7, 11) is 0. The fourth-order valence-corrected chi connectivity index (χ4v) is 3.56. The first kappa shape index (κ1) is 8.59. The Morgan fingerprint density at radius 2 is 1.83 bits per heavy atom. The van der Waals surface area contributed by atoms with Gasteiger partial charge in [-0.15, -0.1) is 0 Å². The van der Waals surface area contributed by atoms with Crippen molar-refractivity contribution in [3.05, 3.63) is 0 Å². The van der Waals surface area contributed by atoms with Crippen LogP contribution in [0.5, 0.6) is 0 Å². The first-order valence-corrected chi connectivity index (χ1v) is 5.64. The minimum atomic E-state index is 0.744. The van der Waals surface area contributed by atoms with Gasteiger partial charge in [-0.05, 0) is 48.9 Å². The van der Waals surface area contributed by atoms with Gasteiger partial charge in [-0.3, -0.25) is 0 Å².